The number of fused-ring (bicyclic) bond motifs is 6. The van der Waals surface area contributed by atoms with Crippen molar-refractivity contribution in [3.63, 3.8) is 0 Å². The van der Waals surface area contributed by atoms with Gasteiger partial charge in [-0.3, -0.25) is 14.4 Å². The third kappa shape index (κ3) is 6.06. The molecule has 11 heteroatoms. The van der Waals surface area contributed by atoms with Crippen molar-refractivity contribution in [1.29, 1.82) is 0 Å². The van der Waals surface area contributed by atoms with E-state index in [9.17, 15) is 19.5 Å². The number of nitrogens with two attached hydrogens (primary N) is 1. The van der Waals surface area contributed by atoms with Gasteiger partial charge in [0.2, 0.25) is 11.8 Å². The summed E-state index contributed by atoms with van der Waals surface area (Å²) >= 11 is 1.56. The maximum Gasteiger partial charge on any atom is 0.252 e. The van der Waals surface area contributed by atoms with Crippen LogP contribution < -0.4 is 26.4 Å². The molecule has 1 unspecified atom stereocenters. The molecule has 3 aromatic rings. The van der Waals surface area contributed by atoms with E-state index in [0.29, 0.717) is 60.9 Å². The van der Waals surface area contributed by atoms with Gasteiger partial charge in [0.15, 0.2) is 5.60 Å². The zero-order valence-electron chi connectivity index (χ0n) is 26.2. The first kappa shape index (κ1) is 31.9. The molecule has 1 spiro atoms. The molecule has 3 atom stereocenters. The molecular formula is C35H40N4O6S. The lowest BCUT2D eigenvalue weighted by Gasteiger charge is -2.37. The Hall–Kier alpha value is -4.06. The lowest BCUT2D eigenvalue weighted by Crippen LogP contribution is -2.55. The first-order chi connectivity index (χ1) is 22.0. The molecule has 0 aromatic heterocycles. The Balaban J connectivity index is 1.25. The quantitative estimate of drug-likeness (QED) is 0.192. The van der Waals surface area contributed by atoms with Crippen molar-refractivity contribution in [2.24, 2.45) is 5.92 Å². The molecule has 10 nitrogen and oxygen atoms in total. The number of hydrogen-bond donors (Lipinski definition) is 5. The monoisotopic (exact) mass is 644 g/mol. The lowest BCUT2D eigenvalue weighted by atomic mass is 9.77. The number of anilines is 2. The van der Waals surface area contributed by atoms with E-state index >= 15 is 0 Å². The highest BCUT2D eigenvalue weighted by molar-refractivity contribution is 7.98. The first-order valence-electron chi connectivity index (χ1n) is 15.6. The summed E-state index contributed by atoms with van der Waals surface area (Å²) in [4.78, 5) is 39.7. The maximum atomic E-state index is 13.7. The number of rotatable bonds is 11. The van der Waals surface area contributed by atoms with Crippen molar-refractivity contribution < 1.29 is 29.0 Å². The number of nitrogens with one attached hydrogen (secondary N) is 3. The number of aliphatic hydroxyl groups is 1. The standard InChI is InChI=1S/C35H40N4O6S/c1-20(2)16-28(39-33(42)34(43)13-14-34)32(41)38-27(12-15-46-3)31(40)37-23-9-11-26-30(18-23)45-29-17-22(36)8-10-25(29)35(26)24-7-5-4-6-21(24)19-44-35/h4-11,17-18,20,27-28,43H,12-16,19,36H2,1-3H3,(H,37,40)(H,38,41)(H,39,42)/t27-,28-,35?/m0/s1. The van der Waals surface area contributed by atoms with E-state index in [4.69, 9.17) is 15.2 Å². The SMILES string of the molecule is CSCC[C@H](NC(=O)[C@H](CC(C)C)NC(=O)C1(O)CC1)C(=O)Nc1ccc2c(c1)Oc1cc(N)ccc1C21OCc2ccccc21. The van der Waals surface area contributed by atoms with E-state index in [0.717, 1.165) is 22.3 Å². The van der Waals surface area contributed by atoms with E-state index < -0.39 is 41.0 Å². The van der Waals surface area contributed by atoms with Crippen LogP contribution in [0, 0.1) is 5.92 Å². The van der Waals surface area contributed by atoms with Crippen molar-refractivity contribution in [3.05, 3.63) is 82.9 Å². The molecular weight excluding hydrogens is 604 g/mol. The Morgan fingerprint density at radius 2 is 1.65 bits per heavy atom. The number of hydrogen-bond acceptors (Lipinski definition) is 8. The van der Waals surface area contributed by atoms with Crippen LogP contribution in [-0.4, -0.2) is 52.5 Å². The van der Waals surface area contributed by atoms with E-state index in [1.165, 1.54) is 0 Å². The number of carbonyl (C=O) groups excluding carboxylic acids is 3. The number of nitrogen functional groups attached to an aromatic ring is 1. The number of carbonyl (C=O) groups is 3. The summed E-state index contributed by atoms with van der Waals surface area (Å²) in [6, 6.07) is 17.4. The molecule has 0 saturated heterocycles. The van der Waals surface area contributed by atoms with Crippen LogP contribution in [-0.2, 0) is 31.3 Å². The topological polar surface area (TPSA) is 152 Å². The van der Waals surface area contributed by atoms with Gasteiger partial charge in [0.05, 0.1) is 6.61 Å². The summed E-state index contributed by atoms with van der Waals surface area (Å²) < 4.78 is 13.0. The van der Waals surface area contributed by atoms with Gasteiger partial charge in [-0.1, -0.05) is 38.1 Å². The van der Waals surface area contributed by atoms with Gasteiger partial charge < -0.3 is 36.3 Å². The molecule has 1 aliphatic carbocycles. The molecule has 0 radical (unpaired) electrons. The van der Waals surface area contributed by atoms with Gasteiger partial charge in [-0.2, -0.15) is 11.8 Å². The normalized spacial score (nSPS) is 19.7. The number of benzene rings is 3. The molecule has 2 aliphatic heterocycles. The van der Waals surface area contributed by atoms with Gasteiger partial charge in [-0.25, -0.2) is 0 Å². The fourth-order valence-electron chi connectivity index (χ4n) is 6.20. The zero-order chi connectivity index (χ0) is 32.6. The molecule has 46 heavy (non-hydrogen) atoms. The number of ether oxygens (including phenoxy) is 2. The van der Waals surface area contributed by atoms with Crippen LogP contribution in [0.25, 0.3) is 0 Å². The molecule has 2 heterocycles. The largest absolute Gasteiger partial charge is 0.456 e. The summed E-state index contributed by atoms with van der Waals surface area (Å²) in [5.74, 6) is 0.414. The number of thioether (sulfide) groups is 1. The minimum Gasteiger partial charge on any atom is -0.456 e. The third-order valence-corrected chi connectivity index (χ3v) is 9.44. The molecule has 3 amide bonds. The summed E-state index contributed by atoms with van der Waals surface area (Å²) in [5, 5.41) is 18.8. The third-order valence-electron chi connectivity index (χ3n) is 8.79. The molecule has 1 saturated carbocycles. The van der Waals surface area contributed by atoms with E-state index in [-0.39, 0.29) is 5.92 Å². The summed E-state index contributed by atoms with van der Waals surface area (Å²) in [6.45, 7) is 4.33. The maximum absolute atomic E-state index is 13.7. The van der Waals surface area contributed by atoms with Gasteiger partial charge in [-0.05, 0) is 79.0 Å². The van der Waals surface area contributed by atoms with Crippen molar-refractivity contribution in [1.82, 2.24) is 10.6 Å². The van der Waals surface area contributed by atoms with Crippen LogP contribution in [0.4, 0.5) is 11.4 Å². The molecule has 0 bridgehead atoms. The smallest absolute Gasteiger partial charge is 0.252 e. The van der Waals surface area contributed by atoms with Gasteiger partial charge >= 0.3 is 0 Å². The van der Waals surface area contributed by atoms with Crippen LogP contribution in [0.15, 0.2) is 60.7 Å². The van der Waals surface area contributed by atoms with Crippen LogP contribution in [0.1, 0.15) is 61.8 Å². The number of amides is 3. The lowest BCUT2D eigenvalue weighted by molar-refractivity contribution is -0.136. The highest BCUT2D eigenvalue weighted by Crippen LogP contribution is 2.56. The van der Waals surface area contributed by atoms with E-state index in [2.05, 4.69) is 28.1 Å². The minimum absolute atomic E-state index is 0.0958. The highest BCUT2D eigenvalue weighted by Gasteiger charge is 2.50. The zero-order valence-corrected chi connectivity index (χ0v) is 27.0. The highest BCUT2D eigenvalue weighted by atomic mass is 32.2. The Bertz CT molecular complexity index is 1670. The van der Waals surface area contributed by atoms with Gasteiger partial charge in [-0.15, -0.1) is 0 Å². The van der Waals surface area contributed by atoms with Crippen LogP contribution in [0.2, 0.25) is 0 Å². The fourth-order valence-corrected chi connectivity index (χ4v) is 6.67. The molecule has 6 N–H and O–H groups in total. The second-order valence-corrected chi connectivity index (χ2v) is 13.7. The molecule has 3 aromatic carbocycles. The molecule has 242 valence electrons. The van der Waals surface area contributed by atoms with Crippen molar-refractivity contribution in [2.45, 2.75) is 69.4 Å². The second-order valence-electron chi connectivity index (χ2n) is 12.7. The predicted molar refractivity (Wildman–Crippen MR) is 178 cm³/mol. The van der Waals surface area contributed by atoms with Crippen molar-refractivity contribution >= 4 is 40.9 Å². The predicted octanol–water partition coefficient (Wildman–Crippen LogP) is 4.43. The minimum atomic E-state index is -1.41. The van der Waals surface area contributed by atoms with Crippen molar-refractivity contribution in [2.75, 3.05) is 23.1 Å². The first-order valence-corrected chi connectivity index (χ1v) is 17.0. The van der Waals surface area contributed by atoms with Gasteiger partial charge in [0.25, 0.3) is 5.91 Å². The fraction of sp³-hybridized carbons (Fsp3) is 0.400. The average Bonchev–Trinajstić information content (AvgIpc) is 3.68. The van der Waals surface area contributed by atoms with Crippen LogP contribution in [0.3, 0.4) is 0 Å². The Morgan fingerprint density at radius 1 is 0.935 bits per heavy atom. The van der Waals surface area contributed by atoms with Crippen LogP contribution >= 0.6 is 11.8 Å². The van der Waals surface area contributed by atoms with E-state index in [1.54, 1.807) is 30.0 Å². The Kier molecular flexibility index (Phi) is 8.75. The van der Waals surface area contributed by atoms with Crippen LogP contribution in [0.5, 0.6) is 11.5 Å². The Morgan fingerprint density at radius 3 is 2.37 bits per heavy atom. The van der Waals surface area contributed by atoms with Gasteiger partial charge in [0.1, 0.15) is 29.2 Å². The van der Waals surface area contributed by atoms with Crippen molar-refractivity contribution in [3.8, 4) is 11.5 Å². The second kappa shape index (κ2) is 12.6. The average molecular weight is 645 g/mol. The molecule has 1 fully saturated rings. The molecule has 6 rings (SSSR count). The summed E-state index contributed by atoms with van der Waals surface area (Å²) in [6.07, 6.45) is 3.42. The Labute approximate surface area is 272 Å². The van der Waals surface area contributed by atoms with Gasteiger partial charge in [0, 0.05) is 34.6 Å². The summed E-state index contributed by atoms with van der Waals surface area (Å²) in [7, 11) is 0. The summed E-state index contributed by atoms with van der Waals surface area (Å²) in [5.41, 5.74) is 8.66. The van der Waals surface area contributed by atoms with E-state index in [1.807, 2.05) is 50.4 Å². The molecule has 3 aliphatic rings.